The summed E-state index contributed by atoms with van der Waals surface area (Å²) in [5, 5.41) is 3.65. The number of halogens is 3. The zero-order valence-corrected chi connectivity index (χ0v) is 11.9. The fourth-order valence-electron chi connectivity index (χ4n) is 2.34. The van der Waals surface area contributed by atoms with Crippen molar-refractivity contribution in [1.82, 2.24) is 4.98 Å². The summed E-state index contributed by atoms with van der Waals surface area (Å²) in [6.07, 6.45) is -2.42. The SMILES string of the molecule is O=C(Cc1ccc2cc[nH]c2c1)Nc1ccc(C(F)(F)F)cc1. The van der Waals surface area contributed by atoms with E-state index in [2.05, 4.69) is 10.3 Å². The molecule has 1 amide bonds. The molecule has 3 aromatic rings. The second kappa shape index (κ2) is 5.79. The van der Waals surface area contributed by atoms with Crippen LogP contribution in [-0.2, 0) is 17.4 Å². The quantitative estimate of drug-likeness (QED) is 0.740. The fourth-order valence-corrected chi connectivity index (χ4v) is 2.34. The number of aromatic nitrogens is 1. The van der Waals surface area contributed by atoms with E-state index in [0.29, 0.717) is 5.69 Å². The van der Waals surface area contributed by atoms with Gasteiger partial charge in [-0.05, 0) is 47.3 Å². The highest BCUT2D eigenvalue weighted by molar-refractivity contribution is 5.93. The number of aromatic amines is 1. The summed E-state index contributed by atoms with van der Waals surface area (Å²) in [6, 6.07) is 11.9. The minimum atomic E-state index is -4.38. The lowest BCUT2D eigenvalue weighted by Crippen LogP contribution is -2.14. The van der Waals surface area contributed by atoms with Gasteiger partial charge in [0, 0.05) is 17.4 Å². The zero-order chi connectivity index (χ0) is 16.4. The van der Waals surface area contributed by atoms with Crippen molar-refractivity contribution in [2.45, 2.75) is 12.6 Å². The smallest absolute Gasteiger partial charge is 0.361 e. The number of fused-ring (bicyclic) bond motifs is 1. The van der Waals surface area contributed by atoms with E-state index in [1.807, 2.05) is 30.5 Å². The van der Waals surface area contributed by atoms with Crippen LogP contribution in [-0.4, -0.2) is 10.9 Å². The second-order valence-corrected chi connectivity index (χ2v) is 5.20. The molecule has 2 N–H and O–H groups in total. The molecule has 0 atom stereocenters. The molecule has 23 heavy (non-hydrogen) atoms. The van der Waals surface area contributed by atoms with Crippen molar-refractivity contribution >= 4 is 22.5 Å². The van der Waals surface area contributed by atoms with E-state index in [9.17, 15) is 18.0 Å². The number of rotatable bonds is 3. The van der Waals surface area contributed by atoms with Gasteiger partial charge >= 0.3 is 6.18 Å². The average Bonchev–Trinajstić information content (AvgIpc) is 2.94. The van der Waals surface area contributed by atoms with Gasteiger partial charge in [-0.15, -0.1) is 0 Å². The molecule has 0 fully saturated rings. The van der Waals surface area contributed by atoms with Crippen molar-refractivity contribution in [1.29, 1.82) is 0 Å². The maximum atomic E-state index is 12.5. The number of hydrogen-bond acceptors (Lipinski definition) is 1. The van der Waals surface area contributed by atoms with E-state index in [1.165, 1.54) is 12.1 Å². The molecule has 1 aromatic heterocycles. The monoisotopic (exact) mass is 318 g/mol. The maximum absolute atomic E-state index is 12.5. The Morgan fingerprint density at radius 1 is 1.04 bits per heavy atom. The minimum Gasteiger partial charge on any atom is -0.361 e. The highest BCUT2D eigenvalue weighted by Gasteiger charge is 2.29. The third kappa shape index (κ3) is 3.53. The van der Waals surface area contributed by atoms with Crippen LogP contribution in [0.5, 0.6) is 0 Å². The van der Waals surface area contributed by atoms with Gasteiger partial charge in [-0.25, -0.2) is 0 Å². The summed E-state index contributed by atoms with van der Waals surface area (Å²) in [6.45, 7) is 0. The summed E-state index contributed by atoms with van der Waals surface area (Å²) in [5.41, 5.74) is 1.35. The van der Waals surface area contributed by atoms with E-state index < -0.39 is 11.7 Å². The molecule has 2 aromatic carbocycles. The lowest BCUT2D eigenvalue weighted by atomic mass is 10.1. The summed E-state index contributed by atoms with van der Waals surface area (Å²) < 4.78 is 37.4. The lowest BCUT2D eigenvalue weighted by Gasteiger charge is -2.09. The molecule has 118 valence electrons. The first-order valence-corrected chi connectivity index (χ1v) is 6.95. The summed E-state index contributed by atoms with van der Waals surface area (Å²) in [4.78, 5) is 15.1. The van der Waals surface area contributed by atoms with Crippen molar-refractivity contribution in [3.8, 4) is 0 Å². The highest BCUT2D eigenvalue weighted by atomic mass is 19.4. The van der Waals surface area contributed by atoms with Crippen molar-refractivity contribution in [3.63, 3.8) is 0 Å². The molecule has 0 spiro atoms. The van der Waals surface area contributed by atoms with Crippen molar-refractivity contribution < 1.29 is 18.0 Å². The largest absolute Gasteiger partial charge is 0.416 e. The first-order chi connectivity index (χ1) is 10.9. The van der Waals surface area contributed by atoms with Gasteiger partial charge in [-0.1, -0.05) is 12.1 Å². The predicted octanol–water partition coefficient (Wildman–Crippen LogP) is 4.37. The summed E-state index contributed by atoms with van der Waals surface area (Å²) >= 11 is 0. The number of benzene rings is 2. The van der Waals surface area contributed by atoms with Crippen LogP contribution in [0.25, 0.3) is 10.9 Å². The molecule has 6 heteroatoms. The first-order valence-electron chi connectivity index (χ1n) is 6.95. The number of hydrogen-bond donors (Lipinski definition) is 2. The normalized spacial score (nSPS) is 11.6. The molecule has 0 radical (unpaired) electrons. The molecule has 0 bridgehead atoms. The van der Waals surface area contributed by atoms with Gasteiger partial charge in [0.25, 0.3) is 0 Å². The van der Waals surface area contributed by atoms with Gasteiger partial charge in [0.15, 0.2) is 0 Å². The molecule has 3 nitrogen and oxygen atoms in total. The third-order valence-corrected chi connectivity index (χ3v) is 3.48. The Labute approximate surface area is 130 Å². The third-order valence-electron chi connectivity index (χ3n) is 3.48. The number of amides is 1. The fraction of sp³-hybridized carbons (Fsp3) is 0.118. The van der Waals surface area contributed by atoms with Crippen LogP contribution >= 0.6 is 0 Å². The number of carbonyl (C=O) groups excluding carboxylic acids is 1. The van der Waals surface area contributed by atoms with Crippen molar-refractivity contribution in [2.24, 2.45) is 0 Å². The number of nitrogens with one attached hydrogen (secondary N) is 2. The topological polar surface area (TPSA) is 44.9 Å². The van der Waals surface area contributed by atoms with Crippen molar-refractivity contribution in [3.05, 3.63) is 65.9 Å². The van der Waals surface area contributed by atoms with E-state index in [4.69, 9.17) is 0 Å². The number of alkyl halides is 3. The van der Waals surface area contributed by atoms with Crippen LogP contribution in [0.3, 0.4) is 0 Å². The number of carbonyl (C=O) groups is 1. The first kappa shape index (κ1) is 15.1. The van der Waals surface area contributed by atoms with Crippen LogP contribution in [0, 0.1) is 0 Å². The molecule has 0 aliphatic heterocycles. The molecule has 3 rings (SSSR count). The molecule has 0 saturated carbocycles. The molecule has 0 aliphatic carbocycles. The van der Waals surface area contributed by atoms with Gasteiger partial charge in [0.1, 0.15) is 0 Å². The Balaban J connectivity index is 1.66. The van der Waals surface area contributed by atoms with E-state index in [1.54, 1.807) is 0 Å². The van der Waals surface area contributed by atoms with Crippen LogP contribution < -0.4 is 5.32 Å². The Kier molecular flexibility index (Phi) is 3.82. The van der Waals surface area contributed by atoms with Crippen molar-refractivity contribution in [2.75, 3.05) is 5.32 Å². The molecule has 1 heterocycles. The Morgan fingerprint density at radius 3 is 2.48 bits per heavy atom. The number of H-pyrrole nitrogens is 1. The predicted molar refractivity (Wildman–Crippen MR) is 82.1 cm³/mol. The standard InChI is InChI=1S/C17H13F3N2O/c18-17(19,20)13-3-5-14(6-4-13)22-16(23)10-11-1-2-12-7-8-21-15(12)9-11/h1-9,21H,10H2,(H,22,23). The highest BCUT2D eigenvalue weighted by Crippen LogP contribution is 2.29. The van der Waals surface area contributed by atoms with E-state index >= 15 is 0 Å². The van der Waals surface area contributed by atoms with Gasteiger partial charge in [0.05, 0.1) is 12.0 Å². The van der Waals surface area contributed by atoms with Gasteiger partial charge in [-0.2, -0.15) is 13.2 Å². The zero-order valence-electron chi connectivity index (χ0n) is 11.9. The lowest BCUT2D eigenvalue weighted by molar-refractivity contribution is -0.137. The Hall–Kier alpha value is -2.76. The van der Waals surface area contributed by atoms with Gasteiger partial charge in [0.2, 0.25) is 5.91 Å². The molecular weight excluding hydrogens is 305 g/mol. The summed E-state index contributed by atoms with van der Waals surface area (Å²) in [5.74, 6) is -0.282. The Bertz CT molecular complexity index is 835. The van der Waals surface area contributed by atoms with Crippen LogP contribution in [0.15, 0.2) is 54.7 Å². The van der Waals surface area contributed by atoms with Crippen LogP contribution in [0.2, 0.25) is 0 Å². The molecule has 0 saturated heterocycles. The second-order valence-electron chi connectivity index (χ2n) is 5.20. The van der Waals surface area contributed by atoms with E-state index in [0.717, 1.165) is 28.6 Å². The average molecular weight is 318 g/mol. The molecular formula is C17H13F3N2O. The van der Waals surface area contributed by atoms with Crippen LogP contribution in [0.1, 0.15) is 11.1 Å². The number of anilines is 1. The summed E-state index contributed by atoms with van der Waals surface area (Å²) in [7, 11) is 0. The molecule has 0 unspecified atom stereocenters. The van der Waals surface area contributed by atoms with Crippen LogP contribution in [0.4, 0.5) is 18.9 Å². The van der Waals surface area contributed by atoms with Gasteiger partial charge in [-0.3, -0.25) is 4.79 Å². The minimum absolute atomic E-state index is 0.149. The van der Waals surface area contributed by atoms with E-state index in [-0.39, 0.29) is 12.3 Å². The Morgan fingerprint density at radius 2 is 1.78 bits per heavy atom. The van der Waals surface area contributed by atoms with Gasteiger partial charge < -0.3 is 10.3 Å². The molecule has 0 aliphatic rings. The maximum Gasteiger partial charge on any atom is 0.416 e.